The van der Waals surface area contributed by atoms with Crippen LogP contribution in [0, 0.1) is 10.1 Å². The third-order valence-corrected chi connectivity index (χ3v) is 4.14. The Hall–Kier alpha value is -2.95. The summed E-state index contributed by atoms with van der Waals surface area (Å²) in [7, 11) is 0. The number of thioether (sulfide) groups is 1. The molecule has 0 saturated carbocycles. The van der Waals surface area contributed by atoms with Crippen molar-refractivity contribution in [3.05, 3.63) is 51.4 Å². The molecule has 0 atom stereocenters. The van der Waals surface area contributed by atoms with Crippen LogP contribution in [0.5, 0.6) is 0 Å². The SMILES string of the molecule is CC1=NNC(=O)N(/N=C/c2cccnc2)C1.O=[N+]([O-])/C=C1/NCCCS1. The maximum absolute atomic E-state index is 11.3. The number of hydrogen-bond donors (Lipinski definition) is 2. The van der Waals surface area contributed by atoms with Crippen molar-refractivity contribution in [1.82, 2.24) is 20.7 Å². The van der Waals surface area contributed by atoms with Gasteiger partial charge in [0.1, 0.15) is 5.03 Å². The zero-order valence-corrected chi connectivity index (χ0v) is 15.0. The van der Waals surface area contributed by atoms with Crippen molar-refractivity contribution >= 4 is 29.7 Å². The van der Waals surface area contributed by atoms with Crippen molar-refractivity contribution in [3.8, 4) is 0 Å². The molecular formula is C15H19N7O3S. The van der Waals surface area contributed by atoms with Crippen LogP contribution in [-0.2, 0) is 0 Å². The number of hydrazone groups is 2. The quantitative estimate of drug-likeness (QED) is 0.468. The fourth-order valence-electron chi connectivity index (χ4n) is 1.90. The second-order valence-electron chi connectivity index (χ2n) is 5.26. The largest absolute Gasteiger partial charge is 0.375 e. The number of nitrogens with zero attached hydrogens (tertiary/aromatic N) is 5. The van der Waals surface area contributed by atoms with Crippen LogP contribution in [0.4, 0.5) is 4.79 Å². The first-order valence-corrected chi connectivity index (χ1v) is 8.80. The van der Waals surface area contributed by atoms with Gasteiger partial charge >= 0.3 is 6.03 Å². The lowest BCUT2D eigenvalue weighted by atomic mass is 10.3. The van der Waals surface area contributed by atoms with Crippen molar-refractivity contribution in [2.45, 2.75) is 13.3 Å². The standard InChI is InChI=1S/C10H11N5O.C5H8N2O2S/c1-8-7-15(10(16)14-13-8)12-6-9-3-2-4-11-5-9;8-7(9)4-5-6-2-1-3-10-5/h2-6H,7H2,1H3,(H,14,16);4,6H,1-3H2/b12-6+;5-4-. The minimum Gasteiger partial charge on any atom is -0.375 e. The van der Waals surface area contributed by atoms with Gasteiger partial charge in [0.2, 0.25) is 0 Å². The van der Waals surface area contributed by atoms with E-state index in [1.54, 1.807) is 18.6 Å². The van der Waals surface area contributed by atoms with Crippen molar-refractivity contribution in [3.63, 3.8) is 0 Å². The topological polar surface area (TPSA) is 125 Å². The molecule has 2 N–H and O–H groups in total. The van der Waals surface area contributed by atoms with Crippen molar-refractivity contribution in [2.75, 3.05) is 18.8 Å². The average Bonchev–Trinajstić information content (AvgIpc) is 2.64. The van der Waals surface area contributed by atoms with E-state index in [4.69, 9.17) is 0 Å². The lowest BCUT2D eigenvalue weighted by Crippen LogP contribution is -2.42. The predicted octanol–water partition coefficient (Wildman–Crippen LogP) is 1.61. The zero-order chi connectivity index (χ0) is 18.8. The molecule has 1 aromatic rings. The van der Waals surface area contributed by atoms with Gasteiger partial charge in [0.25, 0.3) is 6.20 Å². The maximum atomic E-state index is 11.3. The van der Waals surface area contributed by atoms with E-state index in [9.17, 15) is 14.9 Å². The fourth-order valence-corrected chi connectivity index (χ4v) is 2.78. The molecule has 0 spiro atoms. The number of pyridine rings is 1. The summed E-state index contributed by atoms with van der Waals surface area (Å²) in [5.74, 6) is 0.979. The molecule has 0 radical (unpaired) electrons. The molecule has 1 fully saturated rings. The second kappa shape index (κ2) is 10.1. The molecule has 1 saturated heterocycles. The van der Waals surface area contributed by atoms with E-state index >= 15 is 0 Å². The van der Waals surface area contributed by atoms with Gasteiger partial charge < -0.3 is 5.32 Å². The second-order valence-corrected chi connectivity index (χ2v) is 6.40. The molecule has 0 aliphatic carbocycles. The first-order valence-electron chi connectivity index (χ1n) is 7.81. The van der Waals surface area contributed by atoms with E-state index in [2.05, 4.69) is 25.9 Å². The van der Waals surface area contributed by atoms with Crippen LogP contribution in [-0.4, -0.2) is 51.7 Å². The number of aromatic nitrogens is 1. The summed E-state index contributed by atoms with van der Waals surface area (Å²) < 4.78 is 0. The molecule has 1 aromatic heterocycles. The molecule has 138 valence electrons. The molecule has 2 amide bonds. The summed E-state index contributed by atoms with van der Waals surface area (Å²) in [6, 6.07) is 3.34. The van der Waals surface area contributed by atoms with Gasteiger partial charge in [-0.05, 0) is 19.4 Å². The van der Waals surface area contributed by atoms with Crippen LogP contribution in [0.25, 0.3) is 0 Å². The van der Waals surface area contributed by atoms with Crippen LogP contribution >= 0.6 is 11.8 Å². The number of amides is 2. The van der Waals surface area contributed by atoms with Gasteiger partial charge in [0.05, 0.1) is 23.4 Å². The molecule has 10 nitrogen and oxygen atoms in total. The Morgan fingerprint density at radius 2 is 2.35 bits per heavy atom. The summed E-state index contributed by atoms with van der Waals surface area (Å²) >= 11 is 1.50. The number of hydrogen-bond acceptors (Lipinski definition) is 8. The number of carbonyl (C=O) groups is 1. The van der Waals surface area contributed by atoms with E-state index in [1.807, 2.05) is 19.1 Å². The Balaban J connectivity index is 0.000000209. The summed E-state index contributed by atoms with van der Waals surface area (Å²) in [4.78, 5) is 24.8. The highest BCUT2D eigenvalue weighted by atomic mass is 32.2. The molecule has 2 aliphatic rings. The van der Waals surface area contributed by atoms with Crippen LogP contribution in [0.15, 0.2) is 46.0 Å². The molecule has 0 unspecified atom stereocenters. The third-order valence-electron chi connectivity index (χ3n) is 3.09. The zero-order valence-electron chi connectivity index (χ0n) is 14.2. The Kier molecular flexibility index (Phi) is 7.55. The molecule has 3 heterocycles. The summed E-state index contributed by atoms with van der Waals surface area (Å²) in [5, 5.41) is 22.7. The maximum Gasteiger partial charge on any atom is 0.358 e. The molecule has 0 aromatic carbocycles. The Morgan fingerprint density at radius 1 is 1.50 bits per heavy atom. The highest BCUT2D eigenvalue weighted by molar-refractivity contribution is 8.03. The fraction of sp³-hybridized carbons (Fsp3) is 0.333. The molecule has 26 heavy (non-hydrogen) atoms. The number of rotatable bonds is 3. The Morgan fingerprint density at radius 3 is 3.00 bits per heavy atom. The van der Waals surface area contributed by atoms with Crippen molar-refractivity contribution in [2.24, 2.45) is 10.2 Å². The lowest BCUT2D eigenvalue weighted by molar-refractivity contribution is -0.403. The minimum atomic E-state index is -0.430. The Labute approximate surface area is 154 Å². The molecule has 2 aliphatic heterocycles. The van der Waals surface area contributed by atoms with Gasteiger partial charge in [0, 0.05) is 30.3 Å². The van der Waals surface area contributed by atoms with Gasteiger partial charge in [-0.3, -0.25) is 15.1 Å². The predicted molar refractivity (Wildman–Crippen MR) is 100 cm³/mol. The summed E-state index contributed by atoms with van der Waals surface area (Å²) in [5.41, 5.74) is 4.02. The van der Waals surface area contributed by atoms with E-state index in [0.717, 1.165) is 36.2 Å². The van der Waals surface area contributed by atoms with E-state index in [-0.39, 0.29) is 6.03 Å². The van der Waals surface area contributed by atoms with Gasteiger partial charge in [0.15, 0.2) is 0 Å². The Bertz CT molecular complexity index is 713. The first-order chi connectivity index (χ1) is 12.5. The van der Waals surface area contributed by atoms with Crippen LogP contribution in [0.1, 0.15) is 18.9 Å². The molecule has 11 heteroatoms. The number of nitrogens with one attached hydrogen (secondary N) is 2. The number of nitro groups is 1. The smallest absolute Gasteiger partial charge is 0.358 e. The highest BCUT2D eigenvalue weighted by Gasteiger charge is 2.16. The van der Waals surface area contributed by atoms with E-state index in [1.165, 1.54) is 16.8 Å². The molecule has 3 rings (SSSR count). The highest BCUT2D eigenvalue weighted by Crippen LogP contribution is 2.17. The number of carbonyl (C=O) groups excluding carboxylic acids is 1. The van der Waals surface area contributed by atoms with E-state index in [0.29, 0.717) is 11.6 Å². The van der Waals surface area contributed by atoms with Crippen molar-refractivity contribution < 1.29 is 9.72 Å². The van der Waals surface area contributed by atoms with Gasteiger partial charge in [-0.1, -0.05) is 6.07 Å². The minimum absolute atomic E-state index is 0.328. The van der Waals surface area contributed by atoms with Gasteiger partial charge in [-0.25, -0.2) is 15.2 Å². The van der Waals surface area contributed by atoms with Gasteiger partial charge in [-0.15, -0.1) is 11.8 Å². The normalized spacial score (nSPS) is 18.5. The van der Waals surface area contributed by atoms with Gasteiger partial charge in [-0.2, -0.15) is 10.2 Å². The van der Waals surface area contributed by atoms with Crippen LogP contribution in [0.3, 0.4) is 0 Å². The van der Waals surface area contributed by atoms with Crippen molar-refractivity contribution in [1.29, 1.82) is 0 Å². The van der Waals surface area contributed by atoms with E-state index < -0.39 is 4.92 Å². The molecule has 0 bridgehead atoms. The average molecular weight is 377 g/mol. The molecular weight excluding hydrogens is 358 g/mol. The number of urea groups is 1. The van der Waals surface area contributed by atoms with Crippen LogP contribution in [0.2, 0.25) is 0 Å². The first kappa shape index (κ1) is 19.4. The monoisotopic (exact) mass is 377 g/mol. The summed E-state index contributed by atoms with van der Waals surface area (Å²) in [6.07, 6.45) is 7.04. The van der Waals surface area contributed by atoms with Crippen LogP contribution < -0.4 is 10.7 Å². The lowest BCUT2D eigenvalue weighted by Gasteiger charge is -2.20. The summed E-state index contributed by atoms with van der Waals surface area (Å²) in [6.45, 7) is 3.08. The third kappa shape index (κ3) is 6.89.